The zero-order valence-electron chi connectivity index (χ0n) is 22.3. The summed E-state index contributed by atoms with van der Waals surface area (Å²) in [7, 11) is 0. The molecule has 1 saturated heterocycles. The van der Waals surface area contributed by atoms with E-state index < -0.39 is 35.3 Å². The normalized spacial score (nSPS) is 15.5. The van der Waals surface area contributed by atoms with Crippen LogP contribution in [-0.2, 0) is 17.4 Å². The van der Waals surface area contributed by atoms with Gasteiger partial charge in [-0.05, 0) is 60.9 Å². The topological polar surface area (TPSA) is 95.1 Å². The molecule has 4 aromatic rings. The number of aromatic nitrogens is 3. The second-order valence-electron chi connectivity index (χ2n) is 10.2. The first-order valence-electron chi connectivity index (χ1n) is 13.3. The summed E-state index contributed by atoms with van der Waals surface area (Å²) in [4.78, 5) is 33.2. The Bertz CT molecular complexity index is 1790. The number of alkyl halides is 3. The van der Waals surface area contributed by atoms with Gasteiger partial charge in [0.2, 0.25) is 5.91 Å². The van der Waals surface area contributed by atoms with E-state index in [-0.39, 0.29) is 48.0 Å². The summed E-state index contributed by atoms with van der Waals surface area (Å²) in [5.74, 6) is -2.93. The van der Waals surface area contributed by atoms with Crippen molar-refractivity contribution in [1.82, 2.24) is 19.7 Å². The van der Waals surface area contributed by atoms with E-state index in [0.717, 1.165) is 24.3 Å². The van der Waals surface area contributed by atoms with Crippen molar-refractivity contribution in [2.24, 2.45) is 0 Å². The minimum atomic E-state index is -4.66. The number of piperidine rings is 1. The maximum atomic E-state index is 14.6. The molecule has 8 nitrogen and oxygen atoms in total. The van der Waals surface area contributed by atoms with Crippen molar-refractivity contribution in [2.75, 3.05) is 18.0 Å². The van der Waals surface area contributed by atoms with Gasteiger partial charge in [-0.15, -0.1) is 0 Å². The minimum absolute atomic E-state index is 0.0169. The molecule has 13 heteroatoms. The number of anilines is 1. The zero-order valence-corrected chi connectivity index (χ0v) is 22.3. The Labute approximate surface area is 241 Å². The second-order valence-corrected chi connectivity index (χ2v) is 10.2. The molecule has 0 bridgehead atoms. The Hall–Kier alpha value is -5.12. The molecule has 2 amide bonds. The molecule has 218 valence electrons. The first-order chi connectivity index (χ1) is 20.6. The number of rotatable bonds is 4. The van der Waals surface area contributed by atoms with Crippen molar-refractivity contribution in [2.45, 2.75) is 31.5 Å². The molecule has 2 aliphatic rings. The number of pyridine rings is 1. The van der Waals surface area contributed by atoms with E-state index in [9.17, 15) is 36.8 Å². The highest BCUT2D eigenvalue weighted by molar-refractivity contribution is 6.02. The van der Waals surface area contributed by atoms with Crippen LogP contribution in [0.5, 0.6) is 0 Å². The fourth-order valence-corrected chi connectivity index (χ4v) is 5.61. The predicted molar refractivity (Wildman–Crippen MR) is 143 cm³/mol. The van der Waals surface area contributed by atoms with Crippen LogP contribution in [0.15, 0.2) is 60.9 Å². The van der Waals surface area contributed by atoms with Gasteiger partial charge in [-0.2, -0.15) is 23.5 Å². The van der Waals surface area contributed by atoms with Crippen molar-refractivity contribution in [3.05, 3.63) is 94.9 Å². The van der Waals surface area contributed by atoms with E-state index in [4.69, 9.17) is 0 Å². The number of nitrogens with zero attached hydrogens (tertiary/aromatic N) is 6. The molecule has 0 unspecified atom stereocenters. The summed E-state index contributed by atoms with van der Waals surface area (Å²) in [5.41, 5.74) is -0.0537. The summed E-state index contributed by atoms with van der Waals surface area (Å²) in [6.45, 7) is 0.386. The molecule has 0 N–H and O–H groups in total. The van der Waals surface area contributed by atoms with E-state index in [0.29, 0.717) is 29.7 Å². The summed E-state index contributed by atoms with van der Waals surface area (Å²) in [6, 6.07) is 11.2. The van der Waals surface area contributed by atoms with Gasteiger partial charge in [-0.3, -0.25) is 14.6 Å². The number of hydrogen-bond donors (Lipinski definition) is 0. The van der Waals surface area contributed by atoms with E-state index in [1.165, 1.54) is 39.0 Å². The van der Waals surface area contributed by atoms with E-state index in [1.54, 1.807) is 18.2 Å². The van der Waals surface area contributed by atoms with Crippen molar-refractivity contribution in [1.29, 1.82) is 5.26 Å². The van der Waals surface area contributed by atoms with E-state index in [2.05, 4.69) is 10.1 Å². The highest BCUT2D eigenvalue weighted by atomic mass is 19.4. The first kappa shape index (κ1) is 28.0. The Morgan fingerprint density at radius 3 is 2.49 bits per heavy atom. The smallest absolute Gasteiger partial charge is 0.337 e. The van der Waals surface area contributed by atoms with Crippen LogP contribution in [0.1, 0.15) is 40.0 Å². The highest BCUT2D eigenvalue weighted by Crippen LogP contribution is 2.37. The summed E-state index contributed by atoms with van der Waals surface area (Å²) in [6.07, 6.45) is -1.05. The minimum Gasteiger partial charge on any atom is -0.337 e. The van der Waals surface area contributed by atoms with Gasteiger partial charge in [-0.25, -0.2) is 13.5 Å². The molecule has 2 aromatic heterocycles. The molecule has 4 heterocycles. The third-order valence-electron chi connectivity index (χ3n) is 7.68. The van der Waals surface area contributed by atoms with Crippen molar-refractivity contribution in [3.8, 4) is 23.0 Å². The number of nitriles is 1. The summed E-state index contributed by atoms with van der Waals surface area (Å²) in [5, 5.41) is 14.1. The number of likely N-dealkylation sites (tertiary alicyclic amines) is 1. The van der Waals surface area contributed by atoms with Gasteiger partial charge in [0.1, 0.15) is 6.07 Å². The van der Waals surface area contributed by atoms with Crippen LogP contribution < -0.4 is 4.90 Å². The van der Waals surface area contributed by atoms with Crippen LogP contribution >= 0.6 is 0 Å². The molecule has 2 aliphatic heterocycles. The van der Waals surface area contributed by atoms with Crippen LogP contribution in [0.25, 0.3) is 16.9 Å². The van der Waals surface area contributed by atoms with E-state index in [1.807, 2.05) is 0 Å². The molecule has 0 spiro atoms. The largest absolute Gasteiger partial charge is 0.416 e. The number of carbonyl (C=O) groups excluding carboxylic acids is 2. The average molecular weight is 593 g/mol. The molecule has 0 radical (unpaired) electrons. The number of amides is 2. The maximum absolute atomic E-state index is 14.6. The monoisotopic (exact) mass is 592 g/mol. The number of halogens is 5. The van der Waals surface area contributed by atoms with Crippen LogP contribution in [-0.4, -0.2) is 50.6 Å². The molecule has 6 rings (SSSR count). The zero-order chi connectivity index (χ0) is 30.5. The Morgan fingerprint density at radius 2 is 1.81 bits per heavy atom. The quantitative estimate of drug-likeness (QED) is 0.300. The van der Waals surface area contributed by atoms with E-state index >= 15 is 0 Å². The van der Waals surface area contributed by atoms with Crippen molar-refractivity contribution < 1.29 is 31.5 Å². The fourth-order valence-electron chi connectivity index (χ4n) is 5.61. The van der Waals surface area contributed by atoms with Crippen molar-refractivity contribution >= 4 is 17.5 Å². The summed E-state index contributed by atoms with van der Waals surface area (Å²) < 4.78 is 69.8. The average Bonchev–Trinajstić information content (AvgIpc) is 3.60. The lowest BCUT2D eigenvalue weighted by atomic mass is 10.0. The standard InChI is InChI=1S/C30H21F5N6O2/c31-22-5-3-17-13-26(42)40(28(17)27(22)32)21-7-10-39(11-8-21)29(43)23-14-25(18-2-1-9-37-16-18)41(38-23)24-6-4-20(30(33,34)35)12-19(24)15-36/h1-6,9,12,14,16,21H,7-8,10-11,13H2. The van der Waals surface area contributed by atoms with Crippen LogP contribution in [0.2, 0.25) is 0 Å². The number of hydrogen-bond acceptors (Lipinski definition) is 5. The molecule has 0 saturated carbocycles. The predicted octanol–water partition coefficient (Wildman–Crippen LogP) is 5.30. The maximum Gasteiger partial charge on any atom is 0.416 e. The number of benzene rings is 2. The lowest BCUT2D eigenvalue weighted by molar-refractivity contribution is -0.137. The molecule has 2 aromatic carbocycles. The molecule has 43 heavy (non-hydrogen) atoms. The third-order valence-corrected chi connectivity index (χ3v) is 7.68. The number of fused-ring (bicyclic) bond motifs is 1. The second kappa shape index (κ2) is 10.6. The van der Waals surface area contributed by atoms with Gasteiger partial charge in [0, 0.05) is 37.1 Å². The lowest BCUT2D eigenvalue weighted by Gasteiger charge is -2.36. The summed E-state index contributed by atoms with van der Waals surface area (Å²) >= 11 is 0. The molecule has 0 atom stereocenters. The lowest BCUT2D eigenvalue weighted by Crippen LogP contribution is -2.48. The first-order valence-corrected chi connectivity index (χ1v) is 13.3. The third kappa shape index (κ3) is 4.98. The van der Waals surface area contributed by atoms with Crippen LogP contribution in [0, 0.1) is 23.0 Å². The van der Waals surface area contributed by atoms with Crippen LogP contribution in [0.3, 0.4) is 0 Å². The Kier molecular flexibility index (Phi) is 6.92. The van der Waals surface area contributed by atoms with Crippen LogP contribution in [0.4, 0.5) is 27.6 Å². The molecular weight excluding hydrogens is 571 g/mol. The van der Waals surface area contributed by atoms with Gasteiger partial charge in [0.15, 0.2) is 17.3 Å². The molecule has 0 aliphatic carbocycles. The highest BCUT2D eigenvalue weighted by Gasteiger charge is 2.39. The Balaban J connectivity index is 1.29. The molecular formula is C30H21F5N6O2. The molecule has 1 fully saturated rings. The van der Waals surface area contributed by atoms with Crippen molar-refractivity contribution in [3.63, 3.8) is 0 Å². The fraction of sp³-hybridized carbons (Fsp3) is 0.233. The van der Waals surface area contributed by atoms with Gasteiger partial charge < -0.3 is 9.80 Å². The van der Waals surface area contributed by atoms with Gasteiger partial charge >= 0.3 is 6.18 Å². The van der Waals surface area contributed by atoms with Gasteiger partial charge in [0.25, 0.3) is 5.91 Å². The Morgan fingerprint density at radius 1 is 1.05 bits per heavy atom. The SMILES string of the molecule is N#Cc1cc(C(F)(F)F)ccc1-n1nc(C(=O)N2CCC(N3C(=O)Cc4ccc(F)c(F)c43)CC2)cc1-c1cccnc1. The van der Waals surface area contributed by atoms with Gasteiger partial charge in [-0.1, -0.05) is 6.07 Å². The van der Waals surface area contributed by atoms with Gasteiger partial charge in [0.05, 0.1) is 34.6 Å². The number of carbonyl (C=O) groups is 2.